The number of carbonyl (C=O) groups excluding carboxylic acids is 3. The molecule has 1 aliphatic heterocycles. The third-order valence-electron chi connectivity index (χ3n) is 6.17. The Hall–Kier alpha value is -1.88. The first-order chi connectivity index (χ1) is 11.9. The number of benzene rings is 1. The fourth-order valence-corrected chi connectivity index (χ4v) is 5.03. The van der Waals surface area contributed by atoms with Gasteiger partial charge in [-0.2, -0.15) is 0 Å². The Kier molecular flexibility index (Phi) is 3.87. The molecule has 4 rings (SSSR count). The zero-order chi connectivity index (χ0) is 17.9. The highest BCUT2D eigenvalue weighted by molar-refractivity contribution is 6.31. The monoisotopic (exact) mass is 360 g/mol. The predicted octanol–water partition coefficient (Wildman–Crippen LogP) is 3.01. The van der Waals surface area contributed by atoms with E-state index >= 15 is 0 Å². The number of aryl methyl sites for hydroxylation is 1. The van der Waals surface area contributed by atoms with E-state index in [0.29, 0.717) is 22.5 Å². The van der Waals surface area contributed by atoms with Crippen molar-refractivity contribution in [1.29, 1.82) is 0 Å². The minimum absolute atomic E-state index is 0.160. The van der Waals surface area contributed by atoms with Gasteiger partial charge in [0.1, 0.15) is 6.04 Å². The molecule has 0 radical (unpaired) electrons. The van der Waals surface area contributed by atoms with Gasteiger partial charge in [-0.25, -0.2) is 0 Å². The number of nitrogens with zero attached hydrogens (tertiary/aromatic N) is 1. The summed E-state index contributed by atoms with van der Waals surface area (Å²) < 4.78 is 0. The lowest BCUT2D eigenvalue weighted by molar-refractivity contribution is -0.146. The van der Waals surface area contributed by atoms with Crippen molar-refractivity contribution in [2.75, 3.05) is 5.32 Å². The first-order valence-corrected chi connectivity index (χ1v) is 9.20. The number of hydrogen-bond acceptors (Lipinski definition) is 3. The molecule has 132 valence electrons. The molecular formula is C19H21ClN2O3. The first-order valence-electron chi connectivity index (χ1n) is 8.82. The van der Waals surface area contributed by atoms with E-state index in [1.54, 1.807) is 19.1 Å². The molecule has 2 bridgehead atoms. The standard InChI is InChI=1S/C19H21ClN2O3/c1-9-3-6-13(8-14(9)20)21-17(23)10(2)22-18(24)15-11-4-5-12(7-11)16(15)19(22)25/h3,6,8,10-12,15-16H,4-5,7H2,1-2H3,(H,21,23)/t10-,11-,12-,15+,16+/m1/s1. The number of carbonyl (C=O) groups is 3. The molecule has 1 aromatic rings. The topological polar surface area (TPSA) is 66.5 Å². The lowest BCUT2D eigenvalue weighted by Crippen LogP contribution is -2.46. The summed E-state index contributed by atoms with van der Waals surface area (Å²) in [4.78, 5) is 39.4. The number of rotatable bonds is 3. The van der Waals surface area contributed by atoms with Crippen molar-refractivity contribution in [1.82, 2.24) is 4.90 Å². The molecule has 3 fully saturated rings. The second kappa shape index (κ2) is 5.84. The minimum atomic E-state index is -0.815. The molecule has 3 amide bonds. The summed E-state index contributed by atoms with van der Waals surface area (Å²) in [5, 5.41) is 3.32. The molecule has 1 N–H and O–H groups in total. The van der Waals surface area contributed by atoms with Crippen molar-refractivity contribution >= 4 is 35.0 Å². The van der Waals surface area contributed by atoms with Crippen LogP contribution in [0.4, 0.5) is 5.69 Å². The van der Waals surface area contributed by atoms with Crippen LogP contribution < -0.4 is 5.32 Å². The van der Waals surface area contributed by atoms with Crippen LogP contribution in [0, 0.1) is 30.6 Å². The van der Waals surface area contributed by atoms with Gasteiger partial charge in [0.2, 0.25) is 17.7 Å². The third-order valence-corrected chi connectivity index (χ3v) is 6.57. The van der Waals surface area contributed by atoms with Crippen LogP contribution in [0.25, 0.3) is 0 Å². The zero-order valence-corrected chi connectivity index (χ0v) is 15.0. The Morgan fingerprint density at radius 1 is 1.20 bits per heavy atom. The summed E-state index contributed by atoms with van der Waals surface area (Å²) >= 11 is 6.08. The van der Waals surface area contributed by atoms with Crippen molar-refractivity contribution in [2.45, 2.75) is 39.2 Å². The Morgan fingerprint density at radius 2 is 1.80 bits per heavy atom. The van der Waals surface area contributed by atoms with Crippen LogP contribution in [0.3, 0.4) is 0 Å². The average molecular weight is 361 g/mol. The van der Waals surface area contributed by atoms with Gasteiger partial charge in [0.15, 0.2) is 0 Å². The number of imide groups is 1. The quantitative estimate of drug-likeness (QED) is 0.842. The van der Waals surface area contributed by atoms with Crippen LogP contribution in [-0.2, 0) is 14.4 Å². The molecule has 3 aliphatic rings. The van der Waals surface area contributed by atoms with Gasteiger partial charge >= 0.3 is 0 Å². The molecule has 1 heterocycles. The number of likely N-dealkylation sites (tertiary alicyclic amines) is 1. The van der Waals surface area contributed by atoms with Crippen molar-refractivity contribution in [2.24, 2.45) is 23.7 Å². The maximum absolute atomic E-state index is 12.8. The van der Waals surface area contributed by atoms with Crippen LogP contribution in [0.15, 0.2) is 18.2 Å². The van der Waals surface area contributed by atoms with Crippen molar-refractivity contribution in [3.05, 3.63) is 28.8 Å². The number of hydrogen-bond donors (Lipinski definition) is 1. The smallest absolute Gasteiger partial charge is 0.247 e. The van der Waals surface area contributed by atoms with Gasteiger partial charge in [-0.15, -0.1) is 0 Å². The van der Waals surface area contributed by atoms with Gasteiger partial charge in [-0.05, 0) is 62.6 Å². The molecule has 5 nitrogen and oxygen atoms in total. The third kappa shape index (κ3) is 2.48. The molecule has 2 aliphatic carbocycles. The second-order valence-corrected chi connectivity index (χ2v) is 7.97. The summed E-state index contributed by atoms with van der Waals surface area (Å²) in [6, 6.07) is 4.43. The van der Waals surface area contributed by atoms with E-state index in [0.717, 1.165) is 24.8 Å². The van der Waals surface area contributed by atoms with Crippen molar-refractivity contribution < 1.29 is 14.4 Å². The highest BCUT2D eigenvalue weighted by Crippen LogP contribution is 2.56. The van der Waals surface area contributed by atoms with Crippen LogP contribution >= 0.6 is 11.6 Å². The molecule has 0 aromatic heterocycles. The molecule has 25 heavy (non-hydrogen) atoms. The van der Waals surface area contributed by atoms with E-state index in [4.69, 9.17) is 11.6 Å². The fraction of sp³-hybridized carbons (Fsp3) is 0.526. The summed E-state index contributed by atoms with van der Waals surface area (Å²) in [5.74, 6) is -0.441. The largest absolute Gasteiger partial charge is 0.324 e. The Bertz CT molecular complexity index is 750. The SMILES string of the molecule is Cc1ccc(NC(=O)[C@@H](C)N2C(=O)[C@H]3[C@@H]4CC[C@H](C4)[C@@H]3C2=O)cc1Cl. The summed E-state index contributed by atoms with van der Waals surface area (Å²) in [7, 11) is 0. The summed E-state index contributed by atoms with van der Waals surface area (Å²) in [6.07, 6.45) is 3.05. The van der Waals surface area contributed by atoms with E-state index in [-0.39, 0.29) is 29.6 Å². The maximum Gasteiger partial charge on any atom is 0.247 e. The van der Waals surface area contributed by atoms with Gasteiger partial charge < -0.3 is 5.32 Å². The molecule has 0 unspecified atom stereocenters. The van der Waals surface area contributed by atoms with Crippen molar-refractivity contribution in [3.63, 3.8) is 0 Å². The lowest BCUT2D eigenvalue weighted by Gasteiger charge is -2.23. The molecule has 1 saturated heterocycles. The molecular weight excluding hydrogens is 340 g/mol. The Morgan fingerprint density at radius 3 is 2.36 bits per heavy atom. The number of amides is 3. The highest BCUT2D eigenvalue weighted by Gasteiger charge is 2.62. The first kappa shape index (κ1) is 16.6. The van der Waals surface area contributed by atoms with E-state index < -0.39 is 6.04 Å². The minimum Gasteiger partial charge on any atom is -0.324 e. The van der Waals surface area contributed by atoms with Gasteiger partial charge in [0, 0.05) is 10.7 Å². The number of nitrogens with one attached hydrogen (secondary N) is 1. The number of fused-ring (bicyclic) bond motifs is 5. The fourth-order valence-electron chi connectivity index (χ4n) is 4.85. The maximum atomic E-state index is 12.8. The lowest BCUT2D eigenvalue weighted by atomic mass is 9.81. The summed E-state index contributed by atoms with van der Waals surface area (Å²) in [6.45, 7) is 3.50. The van der Waals surface area contributed by atoms with Gasteiger partial charge in [0.25, 0.3) is 0 Å². The van der Waals surface area contributed by atoms with Crippen LogP contribution in [0.5, 0.6) is 0 Å². The van der Waals surface area contributed by atoms with E-state index in [1.165, 1.54) is 4.90 Å². The predicted molar refractivity (Wildman–Crippen MR) is 93.9 cm³/mol. The van der Waals surface area contributed by atoms with Gasteiger partial charge in [-0.1, -0.05) is 17.7 Å². The Labute approximate surface area is 151 Å². The highest BCUT2D eigenvalue weighted by atomic mass is 35.5. The average Bonchev–Trinajstić information content (AvgIpc) is 3.24. The van der Waals surface area contributed by atoms with Crippen LogP contribution in [0.1, 0.15) is 31.7 Å². The van der Waals surface area contributed by atoms with E-state index in [9.17, 15) is 14.4 Å². The molecule has 5 atom stereocenters. The van der Waals surface area contributed by atoms with E-state index in [1.807, 2.05) is 13.0 Å². The Balaban J connectivity index is 1.51. The number of anilines is 1. The van der Waals surface area contributed by atoms with Crippen LogP contribution in [-0.4, -0.2) is 28.7 Å². The normalized spacial score (nSPS) is 31.4. The molecule has 6 heteroatoms. The van der Waals surface area contributed by atoms with Crippen molar-refractivity contribution in [3.8, 4) is 0 Å². The molecule has 1 aromatic carbocycles. The van der Waals surface area contributed by atoms with Gasteiger partial charge in [-0.3, -0.25) is 19.3 Å². The second-order valence-electron chi connectivity index (χ2n) is 7.56. The number of halogens is 1. The zero-order valence-electron chi connectivity index (χ0n) is 14.3. The summed E-state index contributed by atoms with van der Waals surface area (Å²) in [5.41, 5.74) is 1.48. The molecule has 0 spiro atoms. The van der Waals surface area contributed by atoms with E-state index in [2.05, 4.69) is 5.32 Å². The van der Waals surface area contributed by atoms with Gasteiger partial charge in [0.05, 0.1) is 11.8 Å². The van der Waals surface area contributed by atoms with Crippen LogP contribution in [0.2, 0.25) is 5.02 Å². The molecule has 2 saturated carbocycles.